The minimum atomic E-state index is 0.0799. The van der Waals surface area contributed by atoms with Crippen molar-refractivity contribution in [3.8, 4) is 92.0 Å². The van der Waals surface area contributed by atoms with Gasteiger partial charge in [0.2, 0.25) is 23.0 Å². The van der Waals surface area contributed by atoms with Crippen LogP contribution in [0.5, 0.6) is 92.0 Å². The molecule has 8 aromatic rings. The molecule has 0 aliphatic carbocycles. The van der Waals surface area contributed by atoms with Crippen molar-refractivity contribution < 1.29 is 96.2 Å². The molecule has 20 nitrogen and oxygen atoms in total. The maximum absolute atomic E-state index is 10.3. The zero-order valence-electron chi connectivity index (χ0n) is 59.8. The molecular weight excluding hydrogens is 1280 g/mol. The SMILES string of the molecule is COc1cc(COCCC[C@@H](Cc2cccc(O)c2)[C@@H](COCc2cc(OC)c(OC)c(OC)c2)Cc2cccc(O)c2)cc(OC)c1OC.COc1cc(COCCC[C@H](Cc2cccc(O)c2)[C@H](COCc2cc(OC)c(OC)c(OC)c2)Cc2cccc(O)c2)cc(OC)c1OC. The summed E-state index contributed by atoms with van der Waals surface area (Å²) in [5.74, 6) is 8.14. The van der Waals surface area contributed by atoms with Gasteiger partial charge in [0, 0.05) is 13.2 Å². The summed E-state index contributed by atoms with van der Waals surface area (Å²) in [7, 11) is 19.0. The minimum Gasteiger partial charge on any atom is -0.508 e. The monoisotopic (exact) mass is 1380 g/mol. The smallest absolute Gasteiger partial charge is 0.203 e. The van der Waals surface area contributed by atoms with Gasteiger partial charge in [0.05, 0.1) is 125 Å². The zero-order chi connectivity index (χ0) is 71.8. The Bertz CT molecular complexity index is 3420. The van der Waals surface area contributed by atoms with Crippen molar-refractivity contribution in [3.05, 3.63) is 190 Å². The van der Waals surface area contributed by atoms with E-state index in [-0.39, 0.29) is 46.7 Å². The fraction of sp³-hybridized carbons (Fsp3) is 0.400. The van der Waals surface area contributed by atoms with Crippen LogP contribution in [0.3, 0.4) is 0 Å². The first-order chi connectivity index (χ1) is 48.6. The Morgan fingerprint density at radius 1 is 0.250 bits per heavy atom. The molecule has 0 amide bonds. The van der Waals surface area contributed by atoms with Crippen LogP contribution in [0.2, 0.25) is 0 Å². The summed E-state index contributed by atoms with van der Waals surface area (Å²) in [5.41, 5.74) is 7.73. The predicted octanol–water partition coefficient (Wildman–Crippen LogP) is 14.8. The van der Waals surface area contributed by atoms with E-state index in [1.165, 1.54) is 0 Å². The highest BCUT2D eigenvalue weighted by atomic mass is 16.6. The molecule has 0 spiro atoms. The van der Waals surface area contributed by atoms with Gasteiger partial charge in [0.1, 0.15) is 23.0 Å². The second-order valence-electron chi connectivity index (χ2n) is 24.1. The first-order valence-corrected chi connectivity index (χ1v) is 33.2. The number of aromatic hydroxyl groups is 4. The van der Waals surface area contributed by atoms with Crippen molar-refractivity contribution in [3.63, 3.8) is 0 Å². The third-order valence-corrected chi connectivity index (χ3v) is 17.3. The van der Waals surface area contributed by atoms with E-state index in [2.05, 4.69) is 0 Å². The molecule has 0 aliphatic heterocycles. The third kappa shape index (κ3) is 23.3. The molecule has 0 heterocycles. The van der Waals surface area contributed by atoms with Gasteiger partial charge in [-0.1, -0.05) is 48.5 Å². The van der Waals surface area contributed by atoms with Crippen LogP contribution < -0.4 is 56.8 Å². The highest BCUT2D eigenvalue weighted by Gasteiger charge is 2.27. The second-order valence-corrected chi connectivity index (χ2v) is 24.1. The van der Waals surface area contributed by atoms with E-state index < -0.39 is 0 Å². The van der Waals surface area contributed by atoms with Crippen LogP contribution in [0.25, 0.3) is 0 Å². The lowest BCUT2D eigenvalue weighted by atomic mass is 9.80. The Morgan fingerprint density at radius 3 is 0.680 bits per heavy atom. The predicted molar refractivity (Wildman–Crippen MR) is 383 cm³/mol. The molecule has 540 valence electrons. The number of phenols is 4. The minimum absolute atomic E-state index is 0.0799. The van der Waals surface area contributed by atoms with E-state index in [1.54, 1.807) is 122 Å². The molecule has 0 bridgehead atoms. The van der Waals surface area contributed by atoms with Gasteiger partial charge in [-0.15, -0.1) is 0 Å². The molecule has 0 saturated carbocycles. The highest BCUT2D eigenvalue weighted by molar-refractivity contribution is 5.56. The van der Waals surface area contributed by atoms with E-state index in [0.29, 0.717) is 135 Å². The first kappa shape index (κ1) is 77.7. The molecule has 8 aromatic carbocycles. The second kappa shape index (κ2) is 41.1. The lowest BCUT2D eigenvalue weighted by Gasteiger charge is -2.28. The van der Waals surface area contributed by atoms with Crippen molar-refractivity contribution in [1.29, 1.82) is 0 Å². The summed E-state index contributed by atoms with van der Waals surface area (Å²) in [6.45, 7) is 3.45. The summed E-state index contributed by atoms with van der Waals surface area (Å²) in [6.07, 6.45) is 6.16. The summed E-state index contributed by atoms with van der Waals surface area (Å²) in [4.78, 5) is 0. The summed E-state index contributed by atoms with van der Waals surface area (Å²) >= 11 is 0. The average Bonchev–Trinajstić information content (AvgIpc) is 0.865. The Kier molecular flexibility index (Phi) is 31.9. The van der Waals surface area contributed by atoms with E-state index >= 15 is 0 Å². The Labute approximate surface area is 589 Å². The van der Waals surface area contributed by atoms with Gasteiger partial charge in [0.15, 0.2) is 46.0 Å². The van der Waals surface area contributed by atoms with Crippen molar-refractivity contribution in [2.24, 2.45) is 23.7 Å². The quantitative estimate of drug-likeness (QED) is 0.0261. The van der Waals surface area contributed by atoms with Gasteiger partial charge in [0.25, 0.3) is 0 Å². The molecule has 100 heavy (non-hydrogen) atoms. The van der Waals surface area contributed by atoms with Crippen LogP contribution in [0, 0.1) is 23.7 Å². The molecule has 20 heteroatoms. The van der Waals surface area contributed by atoms with Crippen LogP contribution in [0.1, 0.15) is 70.2 Å². The van der Waals surface area contributed by atoms with Gasteiger partial charge >= 0.3 is 0 Å². The number of methoxy groups -OCH3 is 12. The third-order valence-electron chi connectivity index (χ3n) is 17.3. The Morgan fingerprint density at radius 2 is 0.470 bits per heavy atom. The molecule has 0 aromatic heterocycles. The van der Waals surface area contributed by atoms with Crippen molar-refractivity contribution in [2.75, 3.05) is 112 Å². The molecule has 4 atom stereocenters. The normalized spacial score (nSPS) is 12.2. The van der Waals surface area contributed by atoms with E-state index in [9.17, 15) is 20.4 Å². The number of phenolic OH excluding ortho intramolecular Hbond substituents is 4. The molecule has 0 fully saturated rings. The van der Waals surface area contributed by atoms with Crippen molar-refractivity contribution >= 4 is 0 Å². The fourth-order valence-electron chi connectivity index (χ4n) is 12.5. The number of hydrogen-bond donors (Lipinski definition) is 4. The number of benzene rings is 8. The molecule has 0 unspecified atom stereocenters. The topological polar surface area (TPSA) is 229 Å². The van der Waals surface area contributed by atoms with Crippen LogP contribution in [-0.2, 0) is 71.1 Å². The highest BCUT2D eigenvalue weighted by Crippen LogP contribution is 2.43. The lowest BCUT2D eigenvalue weighted by Crippen LogP contribution is -2.25. The Balaban J connectivity index is 0.000000281. The summed E-state index contributed by atoms with van der Waals surface area (Å²) < 4.78 is 91.1. The standard InChI is InChI=1S/2C40H50O10/c2*1-43-35-20-29(21-36(44-2)39(35)47-5)24-49-15-9-12-31(16-27-10-7-13-33(41)18-27)32(17-28-11-8-14-34(42)19-28)26-50-25-30-22-37(45-3)40(48-6)38(23-30)46-4/h2*7-8,10-11,13-14,18-23,31-32,41-42H,9,12,15-17,24-26H2,1-6H3/t2*31-,32+/m10/s1. The summed E-state index contributed by atoms with van der Waals surface area (Å²) in [5, 5.41) is 41.0. The van der Waals surface area contributed by atoms with Crippen molar-refractivity contribution in [1.82, 2.24) is 0 Å². The number of ether oxygens (including phenoxy) is 16. The van der Waals surface area contributed by atoms with Crippen LogP contribution in [-0.4, -0.2) is 132 Å². The number of rotatable bonds is 42. The molecular formula is C80H100O20. The molecule has 4 N–H and O–H groups in total. The van der Waals surface area contributed by atoms with Gasteiger partial charge in [-0.25, -0.2) is 0 Å². The lowest BCUT2D eigenvalue weighted by molar-refractivity contribution is 0.0578. The largest absolute Gasteiger partial charge is 0.508 e. The van der Waals surface area contributed by atoms with E-state index in [1.807, 2.05) is 109 Å². The van der Waals surface area contributed by atoms with Crippen LogP contribution >= 0.6 is 0 Å². The van der Waals surface area contributed by atoms with Gasteiger partial charge in [-0.3, -0.25) is 0 Å². The fourth-order valence-corrected chi connectivity index (χ4v) is 12.5. The van der Waals surface area contributed by atoms with Crippen LogP contribution in [0.15, 0.2) is 146 Å². The maximum atomic E-state index is 10.3. The Hall–Kier alpha value is -9.60. The summed E-state index contributed by atoms with van der Waals surface area (Å²) in [6, 6.07) is 44.7. The van der Waals surface area contributed by atoms with Gasteiger partial charge in [-0.2, -0.15) is 0 Å². The average molecular weight is 1380 g/mol. The molecule has 0 radical (unpaired) electrons. The maximum Gasteiger partial charge on any atom is 0.203 e. The molecule has 0 saturated heterocycles. The van der Waals surface area contributed by atoms with E-state index in [4.69, 9.17) is 75.8 Å². The molecule has 8 rings (SSSR count). The number of hydrogen-bond acceptors (Lipinski definition) is 20. The first-order valence-electron chi connectivity index (χ1n) is 33.2. The van der Waals surface area contributed by atoms with Gasteiger partial charge < -0.3 is 96.2 Å². The van der Waals surface area contributed by atoms with Crippen LogP contribution in [0.4, 0.5) is 0 Å². The molecule has 0 aliphatic rings. The van der Waals surface area contributed by atoms with E-state index in [0.717, 1.165) is 83.0 Å². The zero-order valence-corrected chi connectivity index (χ0v) is 59.8. The van der Waals surface area contributed by atoms with Crippen molar-refractivity contribution in [2.45, 2.75) is 77.8 Å². The van der Waals surface area contributed by atoms with Gasteiger partial charge in [-0.05, 0) is 217 Å².